The summed E-state index contributed by atoms with van der Waals surface area (Å²) in [7, 11) is 0. The number of amides is 2. The van der Waals surface area contributed by atoms with Crippen molar-refractivity contribution >= 4 is 28.5 Å². The maximum Gasteiger partial charge on any atom is 0.317 e. The Bertz CT molecular complexity index is 686. The van der Waals surface area contributed by atoms with E-state index >= 15 is 0 Å². The highest BCUT2D eigenvalue weighted by molar-refractivity contribution is 6.31. The quantitative estimate of drug-likeness (QED) is 0.905. The molecule has 2 amide bonds. The molecule has 5 nitrogen and oxygen atoms in total. The fourth-order valence-corrected chi connectivity index (χ4v) is 3.14. The summed E-state index contributed by atoms with van der Waals surface area (Å²) in [5.74, 6) is 0. The Kier molecular flexibility index (Phi) is 5.08. The lowest BCUT2D eigenvalue weighted by Crippen LogP contribution is -2.46. The van der Waals surface area contributed by atoms with Crippen LogP contribution < -0.4 is 5.32 Å². The van der Waals surface area contributed by atoms with Gasteiger partial charge in [0.15, 0.2) is 0 Å². The molecule has 1 aliphatic heterocycles. The standard InChI is InChI=1S/C17H22ClN3O2/c1-12-5-8-23-9-7-21(12)17(22)19-6-4-13-11-20-16-10-14(18)2-3-15(13)16/h2-3,10-12,20H,4-9H2,1H3,(H,19,22)/t12-/m0/s1. The van der Waals surface area contributed by atoms with E-state index in [2.05, 4.69) is 17.2 Å². The number of nitrogens with zero attached hydrogens (tertiary/aromatic N) is 1. The number of urea groups is 1. The number of H-pyrrole nitrogens is 1. The minimum Gasteiger partial charge on any atom is -0.380 e. The van der Waals surface area contributed by atoms with E-state index in [9.17, 15) is 4.79 Å². The lowest BCUT2D eigenvalue weighted by Gasteiger charge is -2.26. The minimum absolute atomic E-state index is 0.00844. The molecule has 0 spiro atoms. The molecule has 0 radical (unpaired) electrons. The highest BCUT2D eigenvalue weighted by Gasteiger charge is 2.21. The van der Waals surface area contributed by atoms with Gasteiger partial charge in [0.2, 0.25) is 0 Å². The Labute approximate surface area is 140 Å². The number of aromatic nitrogens is 1. The summed E-state index contributed by atoms with van der Waals surface area (Å²) >= 11 is 5.99. The van der Waals surface area contributed by atoms with E-state index < -0.39 is 0 Å². The molecular weight excluding hydrogens is 314 g/mol. The van der Waals surface area contributed by atoms with Crippen molar-refractivity contribution in [1.82, 2.24) is 15.2 Å². The number of halogens is 1. The average molecular weight is 336 g/mol. The Balaban J connectivity index is 1.56. The molecule has 2 N–H and O–H groups in total. The van der Waals surface area contributed by atoms with Crippen molar-refractivity contribution in [1.29, 1.82) is 0 Å². The van der Waals surface area contributed by atoms with Crippen molar-refractivity contribution in [2.24, 2.45) is 0 Å². The molecule has 2 aromatic rings. The number of ether oxygens (including phenoxy) is 1. The van der Waals surface area contributed by atoms with Crippen LogP contribution in [-0.4, -0.2) is 48.3 Å². The smallest absolute Gasteiger partial charge is 0.317 e. The topological polar surface area (TPSA) is 57.4 Å². The maximum atomic E-state index is 12.3. The molecule has 1 aromatic carbocycles. The molecule has 0 aliphatic carbocycles. The highest BCUT2D eigenvalue weighted by Crippen LogP contribution is 2.22. The summed E-state index contributed by atoms with van der Waals surface area (Å²) in [6, 6.07) is 6.02. The molecule has 23 heavy (non-hydrogen) atoms. The lowest BCUT2D eigenvalue weighted by atomic mass is 10.1. The first-order valence-corrected chi connectivity index (χ1v) is 8.40. The summed E-state index contributed by atoms with van der Waals surface area (Å²) in [4.78, 5) is 17.4. The lowest BCUT2D eigenvalue weighted by molar-refractivity contribution is 0.142. The van der Waals surface area contributed by atoms with Gasteiger partial charge in [-0.05, 0) is 37.5 Å². The monoisotopic (exact) mass is 335 g/mol. The number of carbonyl (C=O) groups excluding carboxylic acids is 1. The Morgan fingerprint density at radius 2 is 2.35 bits per heavy atom. The number of hydrogen-bond donors (Lipinski definition) is 2. The van der Waals surface area contributed by atoms with E-state index in [1.807, 2.05) is 29.3 Å². The van der Waals surface area contributed by atoms with Crippen LogP contribution in [0.4, 0.5) is 4.79 Å². The zero-order valence-electron chi connectivity index (χ0n) is 13.3. The normalized spacial score (nSPS) is 18.9. The van der Waals surface area contributed by atoms with Gasteiger partial charge in [-0.15, -0.1) is 0 Å². The predicted molar refractivity (Wildman–Crippen MR) is 92.0 cm³/mol. The maximum absolute atomic E-state index is 12.3. The van der Waals surface area contributed by atoms with Crippen molar-refractivity contribution < 1.29 is 9.53 Å². The van der Waals surface area contributed by atoms with E-state index in [-0.39, 0.29) is 12.1 Å². The van der Waals surface area contributed by atoms with Crippen molar-refractivity contribution in [2.45, 2.75) is 25.8 Å². The summed E-state index contributed by atoms with van der Waals surface area (Å²) in [6.07, 6.45) is 3.65. The van der Waals surface area contributed by atoms with Crippen LogP contribution in [-0.2, 0) is 11.2 Å². The average Bonchev–Trinajstić information content (AvgIpc) is 2.79. The molecule has 1 fully saturated rings. The fraction of sp³-hybridized carbons (Fsp3) is 0.471. The highest BCUT2D eigenvalue weighted by atomic mass is 35.5. The van der Waals surface area contributed by atoms with Gasteiger partial charge in [-0.2, -0.15) is 0 Å². The van der Waals surface area contributed by atoms with Crippen molar-refractivity contribution in [2.75, 3.05) is 26.3 Å². The molecule has 1 aromatic heterocycles. The molecule has 0 saturated carbocycles. The van der Waals surface area contributed by atoms with Gasteiger partial charge in [-0.1, -0.05) is 17.7 Å². The van der Waals surface area contributed by atoms with Gasteiger partial charge in [0, 0.05) is 47.9 Å². The zero-order chi connectivity index (χ0) is 16.2. The van der Waals surface area contributed by atoms with Crippen LogP contribution in [0.25, 0.3) is 10.9 Å². The Morgan fingerprint density at radius 3 is 3.22 bits per heavy atom. The third-order valence-electron chi connectivity index (χ3n) is 4.35. The molecule has 6 heteroatoms. The van der Waals surface area contributed by atoms with Gasteiger partial charge in [0.05, 0.1) is 6.61 Å². The largest absolute Gasteiger partial charge is 0.380 e. The molecule has 2 heterocycles. The van der Waals surface area contributed by atoms with Crippen LogP contribution in [0.5, 0.6) is 0 Å². The fourth-order valence-electron chi connectivity index (χ4n) is 2.97. The number of carbonyl (C=O) groups is 1. The number of hydrogen-bond acceptors (Lipinski definition) is 2. The van der Waals surface area contributed by atoms with E-state index in [4.69, 9.17) is 16.3 Å². The van der Waals surface area contributed by atoms with E-state index in [1.54, 1.807) is 0 Å². The number of aromatic amines is 1. The Morgan fingerprint density at radius 1 is 1.48 bits per heavy atom. The molecule has 1 aliphatic rings. The molecule has 3 rings (SSSR count). The summed E-state index contributed by atoms with van der Waals surface area (Å²) in [5.41, 5.74) is 2.21. The second-order valence-corrected chi connectivity index (χ2v) is 6.37. The summed E-state index contributed by atoms with van der Waals surface area (Å²) in [6.45, 7) is 4.67. The van der Waals surface area contributed by atoms with Gasteiger partial charge in [-0.25, -0.2) is 4.79 Å². The zero-order valence-corrected chi connectivity index (χ0v) is 14.0. The van der Waals surface area contributed by atoms with Gasteiger partial charge in [-0.3, -0.25) is 0 Å². The van der Waals surface area contributed by atoms with E-state index in [0.717, 1.165) is 35.4 Å². The summed E-state index contributed by atoms with van der Waals surface area (Å²) in [5, 5.41) is 4.89. The second-order valence-electron chi connectivity index (χ2n) is 5.93. The first kappa shape index (κ1) is 16.1. The third-order valence-corrected chi connectivity index (χ3v) is 4.58. The summed E-state index contributed by atoms with van der Waals surface area (Å²) < 4.78 is 5.43. The number of rotatable bonds is 3. The number of benzene rings is 1. The molecule has 1 atom stereocenters. The predicted octanol–water partition coefficient (Wildman–Crippen LogP) is 3.18. The molecular formula is C17H22ClN3O2. The van der Waals surface area contributed by atoms with E-state index in [0.29, 0.717) is 19.7 Å². The van der Waals surface area contributed by atoms with Gasteiger partial charge < -0.3 is 19.9 Å². The first-order valence-electron chi connectivity index (χ1n) is 8.03. The van der Waals surface area contributed by atoms with Crippen LogP contribution in [0.2, 0.25) is 5.02 Å². The number of nitrogens with one attached hydrogen (secondary N) is 2. The second kappa shape index (κ2) is 7.23. The first-order chi connectivity index (χ1) is 11.1. The van der Waals surface area contributed by atoms with Gasteiger partial charge in [0.1, 0.15) is 0 Å². The van der Waals surface area contributed by atoms with E-state index in [1.165, 1.54) is 5.56 Å². The van der Waals surface area contributed by atoms with Crippen molar-refractivity contribution in [3.8, 4) is 0 Å². The van der Waals surface area contributed by atoms with Crippen LogP contribution >= 0.6 is 11.6 Å². The SMILES string of the molecule is C[C@H]1CCOCCN1C(=O)NCCc1c[nH]c2cc(Cl)ccc12. The third kappa shape index (κ3) is 3.79. The molecule has 124 valence electrons. The molecule has 0 unspecified atom stereocenters. The molecule has 1 saturated heterocycles. The van der Waals surface area contributed by atoms with Gasteiger partial charge in [0.25, 0.3) is 0 Å². The van der Waals surface area contributed by atoms with Crippen LogP contribution in [0.1, 0.15) is 18.9 Å². The van der Waals surface area contributed by atoms with Gasteiger partial charge >= 0.3 is 6.03 Å². The van der Waals surface area contributed by atoms with Crippen LogP contribution in [0, 0.1) is 0 Å². The minimum atomic E-state index is -0.00844. The van der Waals surface area contributed by atoms with Crippen LogP contribution in [0.15, 0.2) is 24.4 Å². The molecule has 0 bridgehead atoms. The van der Waals surface area contributed by atoms with Crippen molar-refractivity contribution in [3.63, 3.8) is 0 Å². The van der Waals surface area contributed by atoms with Crippen molar-refractivity contribution in [3.05, 3.63) is 35.0 Å². The van der Waals surface area contributed by atoms with Crippen LogP contribution in [0.3, 0.4) is 0 Å². The number of fused-ring (bicyclic) bond motifs is 1. The Hall–Kier alpha value is -1.72.